The maximum Gasteiger partial charge on any atom is 0.516 e. The molecule has 0 radical (unpaired) electrons. The van der Waals surface area contributed by atoms with Crippen molar-refractivity contribution in [2.45, 2.75) is 31.9 Å². The fourth-order valence-electron chi connectivity index (χ4n) is 2.88. The van der Waals surface area contributed by atoms with Gasteiger partial charge in [0, 0.05) is 24.2 Å². The summed E-state index contributed by atoms with van der Waals surface area (Å²) in [5.74, 6) is -1.34. The smallest absolute Gasteiger partial charge is 0.493 e. The minimum absolute atomic E-state index is 0.0321. The van der Waals surface area contributed by atoms with Crippen LogP contribution in [0, 0.1) is 0 Å². The zero-order chi connectivity index (χ0) is 27.2. The van der Waals surface area contributed by atoms with Gasteiger partial charge in [0.15, 0.2) is 0 Å². The molecule has 198 valence electrons. The molecule has 9 nitrogen and oxygen atoms in total. The summed E-state index contributed by atoms with van der Waals surface area (Å²) in [6.07, 6.45) is 1.33. The topological polar surface area (TPSA) is 124 Å². The fourth-order valence-corrected chi connectivity index (χ4v) is 4.06. The van der Waals surface area contributed by atoms with Crippen molar-refractivity contribution < 1.29 is 40.7 Å². The van der Waals surface area contributed by atoms with Crippen molar-refractivity contribution in [1.82, 2.24) is 9.71 Å². The lowest BCUT2D eigenvalue weighted by molar-refractivity contribution is -0.0446. The largest absolute Gasteiger partial charge is 0.516 e. The highest BCUT2D eigenvalue weighted by atomic mass is 32.2. The first-order chi connectivity index (χ1) is 17.3. The standard InChI is InChI=1S/C23H22F3N3O6S2/c1-14(2)35-19-10-17(9-18(11-19)34-7-5-15-6-8-36-13-15)21(30)28-20-4-3-16(12-27-20)22(31)29-37(32,33)23(24,25)26/h3-4,6,8-14H,5,7H2,1-2H3,(H,29,31)(H,27,28,30). The average molecular weight is 558 g/mol. The monoisotopic (exact) mass is 557 g/mol. The Morgan fingerprint density at radius 1 is 1.05 bits per heavy atom. The zero-order valence-electron chi connectivity index (χ0n) is 19.5. The number of rotatable bonds is 10. The molecule has 0 bridgehead atoms. The van der Waals surface area contributed by atoms with E-state index in [1.807, 2.05) is 30.7 Å². The number of sulfonamides is 1. The van der Waals surface area contributed by atoms with Gasteiger partial charge in [0.1, 0.15) is 17.3 Å². The number of nitrogens with zero attached hydrogens (tertiary/aromatic N) is 1. The summed E-state index contributed by atoms with van der Waals surface area (Å²) in [6, 6.07) is 8.82. The average Bonchev–Trinajstić information content (AvgIpc) is 3.31. The molecule has 2 aromatic heterocycles. The summed E-state index contributed by atoms with van der Waals surface area (Å²) in [4.78, 5) is 28.5. The number of thiophene rings is 1. The van der Waals surface area contributed by atoms with E-state index >= 15 is 0 Å². The second-order valence-electron chi connectivity index (χ2n) is 7.86. The molecule has 2 heterocycles. The molecule has 0 aliphatic rings. The fraction of sp³-hybridized carbons (Fsp3) is 0.261. The lowest BCUT2D eigenvalue weighted by atomic mass is 10.1. The van der Waals surface area contributed by atoms with Crippen LogP contribution >= 0.6 is 11.3 Å². The number of ether oxygens (including phenoxy) is 2. The Kier molecular flexibility index (Phi) is 8.76. The molecular weight excluding hydrogens is 535 g/mol. The van der Waals surface area contributed by atoms with Gasteiger partial charge in [0.05, 0.1) is 18.3 Å². The van der Waals surface area contributed by atoms with E-state index in [1.54, 1.807) is 17.4 Å². The van der Waals surface area contributed by atoms with Crippen LogP contribution in [-0.4, -0.2) is 43.4 Å². The molecule has 0 unspecified atom stereocenters. The van der Waals surface area contributed by atoms with Crippen LogP contribution in [0.4, 0.5) is 19.0 Å². The van der Waals surface area contributed by atoms with Crippen molar-refractivity contribution >= 4 is 39.0 Å². The minimum atomic E-state index is -5.87. The number of halogens is 3. The number of hydrogen-bond acceptors (Lipinski definition) is 8. The van der Waals surface area contributed by atoms with Gasteiger partial charge in [0.25, 0.3) is 11.8 Å². The molecule has 0 aliphatic carbocycles. The third-order valence-electron chi connectivity index (χ3n) is 4.55. The van der Waals surface area contributed by atoms with Crippen molar-refractivity contribution in [1.29, 1.82) is 0 Å². The Morgan fingerprint density at radius 3 is 2.38 bits per heavy atom. The second-order valence-corrected chi connectivity index (χ2v) is 10.3. The summed E-state index contributed by atoms with van der Waals surface area (Å²) >= 11 is 1.58. The number of nitrogens with one attached hydrogen (secondary N) is 2. The van der Waals surface area contributed by atoms with E-state index < -0.39 is 32.9 Å². The summed E-state index contributed by atoms with van der Waals surface area (Å²) in [5, 5.41) is 6.47. The van der Waals surface area contributed by atoms with E-state index in [0.717, 1.165) is 28.6 Å². The van der Waals surface area contributed by atoms with Crippen molar-refractivity contribution in [3.05, 3.63) is 70.0 Å². The maximum absolute atomic E-state index is 12.8. The van der Waals surface area contributed by atoms with Gasteiger partial charge in [0.2, 0.25) is 0 Å². The highest BCUT2D eigenvalue weighted by Gasteiger charge is 2.47. The van der Waals surface area contributed by atoms with E-state index in [4.69, 9.17) is 9.47 Å². The first-order valence-corrected chi connectivity index (χ1v) is 13.1. The molecule has 0 atom stereocenters. The molecule has 3 aromatic rings. The summed E-state index contributed by atoms with van der Waals surface area (Å²) < 4.78 is 72.0. The van der Waals surface area contributed by atoms with Crippen LogP contribution in [0.3, 0.4) is 0 Å². The quantitative estimate of drug-likeness (QED) is 0.379. The first kappa shape index (κ1) is 27.9. The number of carbonyl (C=O) groups is 2. The number of hydrogen-bond donors (Lipinski definition) is 2. The molecule has 3 rings (SSSR count). The number of alkyl halides is 3. The normalized spacial score (nSPS) is 11.7. The first-order valence-electron chi connectivity index (χ1n) is 10.7. The van der Waals surface area contributed by atoms with Crippen molar-refractivity contribution in [2.24, 2.45) is 0 Å². The molecule has 2 N–H and O–H groups in total. The van der Waals surface area contributed by atoms with Gasteiger partial charge in [-0.25, -0.2) is 9.71 Å². The molecule has 2 amide bonds. The Labute approximate surface area is 214 Å². The SMILES string of the molecule is CC(C)Oc1cc(OCCc2ccsc2)cc(C(=O)Nc2ccc(C(=O)NS(=O)(=O)C(F)(F)F)cn2)c1. The lowest BCUT2D eigenvalue weighted by Crippen LogP contribution is -2.40. The van der Waals surface area contributed by atoms with Crippen LogP contribution in [0.1, 0.15) is 40.1 Å². The van der Waals surface area contributed by atoms with E-state index in [2.05, 4.69) is 10.3 Å². The molecule has 0 saturated heterocycles. The molecule has 0 fully saturated rings. The minimum Gasteiger partial charge on any atom is -0.493 e. The zero-order valence-corrected chi connectivity index (χ0v) is 21.2. The molecule has 0 spiro atoms. The molecular formula is C23H22F3N3O6S2. The lowest BCUT2D eigenvalue weighted by Gasteiger charge is -2.14. The van der Waals surface area contributed by atoms with Crippen molar-refractivity contribution in [3.63, 3.8) is 0 Å². The van der Waals surface area contributed by atoms with E-state index in [0.29, 0.717) is 24.5 Å². The molecule has 37 heavy (non-hydrogen) atoms. The number of carbonyl (C=O) groups excluding carboxylic acids is 2. The van der Waals surface area contributed by atoms with Crippen LogP contribution in [-0.2, 0) is 16.4 Å². The molecule has 14 heteroatoms. The maximum atomic E-state index is 12.8. The predicted octanol–water partition coefficient (Wildman–Crippen LogP) is 4.38. The second kappa shape index (κ2) is 11.6. The van der Waals surface area contributed by atoms with E-state index in [1.165, 1.54) is 12.1 Å². The van der Waals surface area contributed by atoms with Gasteiger partial charge >= 0.3 is 15.5 Å². The van der Waals surface area contributed by atoms with Crippen LogP contribution in [0.15, 0.2) is 53.4 Å². The highest BCUT2D eigenvalue weighted by molar-refractivity contribution is 7.90. The summed E-state index contributed by atoms with van der Waals surface area (Å²) in [6.45, 7) is 4.02. The van der Waals surface area contributed by atoms with E-state index in [-0.39, 0.29) is 17.5 Å². The summed E-state index contributed by atoms with van der Waals surface area (Å²) in [5.41, 5.74) is -4.80. The van der Waals surface area contributed by atoms with Gasteiger partial charge in [-0.15, -0.1) is 0 Å². The predicted molar refractivity (Wildman–Crippen MR) is 130 cm³/mol. The van der Waals surface area contributed by atoms with Crippen LogP contribution < -0.4 is 19.5 Å². The highest BCUT2D eigenvalue weighted by Crippen LogP contribution is 2.25. The Hall–Kier alpha value is -3.65. The van der Waals surface area contributed by atoms with Gasteiger partial charge in [-0.3, -0.25) is 9.59 Å². The van der Waals surface area contributed by atoms with Crippen molar-refractivity contribution in [2.75, 3.05) is 11.9 Å². The number of benzene rings is 1. The molecule has 0 aliphatic heterocycles. The van der Waals surface area contributed by atoms with Gasteiger partial charge in [-0.2, -0.15) is 32.9 Å². The number of aromatic nitrogens is 1. The third-order valence-corrected chi connectivity index (χ3v) is 6.35. The van der Waals surface area contributed by atoms with Gasteiger partial charge in [-0.1, -0.05) is 0 Å². The van der Waals surface area contributed by atoms with Gasteiger partial charge in [-0.05, 0) is 60.5 Å². The number of amides is 2. The van der Waals surface area contributed by atoms with Crippen molar-refractivity contribution in [3.8, 4) is 11.5 Å². The van der Waals surface area contributed by atoms with Crippen LogP contribution in [0.5, 0.6) is 11.5 Å². The molecule has 0 saturated carbocycles. The Balaban J connectivity index is 1.70. The third kappa shape index (κ3) is 7.92. The number of pyridine rings is 1. The van der Waals surface area contributed by atoms with Crippen LogP contribution in [0.2, 0.25) is 0 Å². The van der Waals surface area contributed by atoms with E-state index in [9.17, 15) is 31.2 Å². The van der Waals surface area contributed by atoms with Crippen LogP contribution in [0.25, 0.3) is 0 Å². The van der Waals surface area contributed by atoms with Gasteiger partial charge < -0.3 is 14.8 Å². The Bertz CT molecular complexity index is 1340. The summed E-state index contributed by atoms with van der Waals surface area (Å²) in [7, 11) is -5.87. The molecule has 1 aromatic carbocycles. The Morgan fingerprint density at radius 2 is 1.78 bits per heavy atom. The number of anilines is 1.